The fourth-order valence-corrected chi connectivity index (χ4v) is 2.40. The first-order valence-electron chi connectivity index (χ1n) is 6.66. The lowest BCUT2D eigenvalue weighted by Crippen LogP contribution is -2.16. The Labute approximate surface area is 137 Å². The van der Waals surface area contributed by atoms with E-state index < -0.39 is 5.97 Å². The van der Waals surface area contributed by atoms with Crippen LogP contribution in [0.3, 0.4) is 0 Å². The van der Waals surface area contributed by atoms with Gasteiger partial charge in [0.05, 0.1) is 11.4 Å². The Morgan fingerprint density at radius 1 is 1.05 bits per heavy atom. The molecule has 0 aromatic heterocycles. The third kappa shape index (κ3) is 3.46. The van der Waals surface area contributed by atoms with Crippen LogP contribution in [-0.4, -0.2) is 19.2 Å². The third-order valence-electron chi connectivity index (χ3n) is 3.07. The molecule has 1 aliphatic heterocycles. The van der Waals surface area contributed by atoms with Crippen molar-refractivity contribution in [3.63, 3.8) is 0 Å². The van der Waals surface area contributed by atoms with Crippen molar-refractivity contribution in [2.24, 2.45) is 0 Å². The van der Waals surface area contributed by atoms with E-state index in [2.05, 4.69) is 0 Å². The van der Waals surface area contributed by atoms with Crippen molar-refractivity contribution in [1.82, 2.24) is 0 Å². The molecule has 0 amide bonds. The molecule has 0 aliphatic carbocycles. The van der Waals surface area contributed by atoms with Gasteiger partial charge in [-0.15, -0.1) is 0 Å². The molecule has 0 bridgehead atoms. The maximum absolute atomic E-state index is 12.0. The minimum absolute atomic E-state index is 0.0967. The van der Waals surface area contributed by atoms with E-state index in [0.717, 1.165) is 5.56 Å². The molecule has 114 valence electrons. The van der Waals surface area contributed by atoms with Crippen LogP contribution in [0.5, 0.6) is 17.2 Å². The highest BCUT2D eigenvalue weighted by Gasteiger charge is 2.15. The zero-order chi connectivity index (χ0) is 15.5. The van der Waals surface area contributed by atoms with Crippen molar-refractivity contribution >= 4 is 29.2 Å². The Kier molecular flexibility index (Phi) is 4.41. The Morgan fingerprint density at radius 3 is 2.64 bits per heavy atom. The lowest BCUT2D eigenvalue weighted by molar-refractivity contribution is -0.133. The number of hydrogen-bond donors (Lipinski definition) is 0. The lowest BCUT2D eigenvalue weighted by atomic mass is 10.1. The normalized spacial score (nSPS) is 12.8. The molecule has 0 unspecified atom stereocenters. The zero-order valence-corrected chi connectivity index (χ0v) is 13.0. The average Bonchev–Trinajstić information content (AvgIpc) is 2.51. The van der Waals surface area contributed by atoms with Gasteiger partial charge in [-0.05, 0) is 29.8 Å². The largest absolute Gasteiger partial charge is 0.486 e. The summed E-state index contributed by atoms with van der Waals surface area (Å²) in [6.07, 6.45) is 0.0967. The first-order valence-corrected chi connectivity index (χ1v) is 7.42. The summed E-state index contributed by atoms with van der Waals surface area (Å²) >= 11 is 11.8. The molecule has 1 aliphatic rings. The Morgan fingerprint density at radius 2 is 1.82 bits per heavy atom. The summed E-state index contributed by atoms with van der Waals surface area (Å²) in [5, 5.41) is 0.784. The summed E-state index contributed by atoms with van der Waals surface area (Å²) in [5.41, 5.74) is 0.771. The van der Waals surface area contributed by atoms with Crippen molar-refractivity contribution in [3.8, 4) is 17.2 Å². The molecular weight excluding hydrogens is 327 g/mol. The minimum atomic E-state index is -0.430. The van der Waals surface area contributed by atoms with Gasteiger partial charge in [0, 0.05) is 11.1 Å². The zero-order valence-electron chi connectivity index (χ0n) is 11.5. The topological polar surface area (TPSA) is 44.8 Å². The number of carbonyl (C=O) groups excluding carboxylic acids is 1. The lowest BCUT2D eigenvalue weighted by Gasteiger charge is -2.18. The van der Waals surface area contributed by atoms with Gasteiger partial charge in [-0.2, -0.15) is 0 Å². The molecule has 0 N–H and O–H groups in total. The van der Waals surface area contributed by atoms with Gasteiger partial charge in [-0.1, -0.05) is 29.3 Å². The van der Waals surface area contributed by atoms with Crippen LogP contribution in [0, 0.1) is 0 Å². The highest BCUT2D eigenvalue weighted by Crippen LogP contribution is 2.31. The van der Waals surface area contributed by atoms with Crippen LogP contribution in [0.4, 0.5) is 0 Å². The van der Waals surface area contributed by atoms with E-state index in [1.165, 1.54) is 6.07 Å². The number of carbonyl (C=O) groups is 1. The summed E-state index contributed by atoms with van der Waals surface area (Å²) in [6.45, 7) is 1.03. The highest BCUT2D eigenvalue weighted by atomic mass is 35.5. The predicted octanol–water partition coefficient (Wildman–Crippen LogP) is 3.91. The standard InChI is InChI=1S/C16H12Cl2O4/c17-11-2-3-12(18)14(9-11)22-16(19)8-10-1-4-13-15(7-10)21-6-5-20-13/h1-4,7,9H,5-6,8H2. The maximum Gasteiger partial charge on any atom is 0.315 e. The monoisotopic (exact) mass is 338 g/mol. The first kappa shape index (κ1) is 15.0. The molecule has 2 aromatic rings. The summed E-state index contributed by atoms with van der Waals surface area (Å²) in [6, 6.07) is 10.1. The Balaban J connectivity index is 1.70. The number of rotatable bonds is 3. The molecule has 2 aromatic carbocycles. The summed E-state index contributed by atoms with van der Waals surface area (Å²) in [5.74, 6) is 1.14. The SMILES string of the molecule is O=C(Cc1ccc2c(c1)OCCO2)Oc1cc(Cl)ccc1Cl. The number of fused-ring (bicyclic) bond motifs is 1. The number of halogens is 2. The van der Waals surface area contributed by atoms with Gasteiger partial charge >= 0.3 is 5.97 Å². The first-order chi connectivity index (χ1) is 10.6. The second kappa shape index (κ2) is 6.46. The van der Waals surface area contributed by atoms with Gasteiger partial charge in [0.25, 0.3) is 0 Å². The van der Waals surface area contributed by atoms with Crippen molar-refractivity contribution in [3.05, 3.63) is 52.0 Å². The smallest absolute Gasteiger partial charge is 0.315 e. The molecule has 3 rings (SSSR count). The Hall–Kier alpha value is -1.91. The van der Waals surface area contributed by atoms with Gasteiger partial charge in [0.1, 0.15) is 13.2 Å². The van der Waals surface area contributed by atoms with Crippen molar-refractivity contribution < 1.29 is 19.0 Å². The fourth-order valence-electron chi connectivity index (χ4n) is 2.08. The van der Waals surface area contributed by atoms with Crippen LogP contribution < -0.4 is 14.2 Å². The molecule has 4 nitrogen and oxygen atoms in total. The van der Waals surface area contributed by atoms with Gasteiger partial charge in [-0.3, -0.25) is 4.79 Å². The highest BCUT2D eigenvalue weighted by molar-refractivity contribution is 6.34. The second-order valence-electron chi connectivity index (χ2n) is 4.70. The molecule has 0 radical (unpaired) electrons. The molecule has 6 heteroatoms. The quantitative estimate of drug-likeness (QED) is 0.628. The molecule has 0 atom stereocenters. The van der Waals surface area contributed by atoms with Crippen molar-refractivity contribution in [1.29, 1.82) is 0 Å². The van der Waals surface area contributed by atoms with Crippen LogP contribution in [0.2, 0.25) is 10.0 Å². The number of hydrogen-bond acceptors (Lipinski definition) is 4. The van der Waals surface area contributed by atoms with Crippen molar-refractivity contribution in [2.45, 2.75) is 6.42 Å². The van der Waals surface area contributed by atoms with Gasteiger partial charge in [0.15, 0.2) is 17.2 Å². The van der Waals surface area contributed by atoms with Crippen LogP contribution in [0.1, 0.15) is 5.56 Å². The summed E-state index contributed by atoms with van der Waals surface area (Å²) in [7, 11) is 0. The van der Waals surface area contributed by atoms with Crippen LogP contribution >= 0.6 is 23.2 Å². The molecule has 0 fully saturated rings. The van der Waals surface area contributed by atoms with Crippen LogP contribution in [0.15, 0.2) is 36.4 Å². The fraction of sp³-hybridized carbons (Fsp3) is 0.188. The van der Waals surface area contributed by atoms with E-state index in [-0.39, 0.29) is 12.2 Å². The van der Waals surface area contributed by atoms with Gasteiger partial charge in [0.2, 0.25) is 0 Å². The summed E-state index contributed by atoms with van der Waals surface area (Å²) in [4.78, 5) is 12.0. The van der Waals surface area contributed by atoms with Crippen LogP contribution in [-0.2, 0) is 11.2 Å². The molecule has 1 heterocycles. The van der Waals surface area contributed by atoms with Crippen molar-refractivity contribution in [2.75, 3.05) is 13.2 Å². The molecule has 0 saturated carbocycles. The molecule has 0 spiro atoms. The third-order valence-corrected chi connectivity index (χ3v) is 3.62. The van der Waals surface area contributed by atoms with Crippen LogP contribution in [0.25, 0.3) is 0 Å². The average molecular weight is 339 g/mol. The second-order valence-corrected chi connectivity index (χ2v) is 5.55. The van der Waals surface area contributed by atoms with E-state index >= 15 is 0 Å². The maximum atomic E-state index is 12.0. The van der Waals surface area contributed by atoms with E-state index in [0.29, 0.717) is 34.8 Å². The van der Waals surface area contributed by atoms with E-state index in [1.807, 2.05) is 0 Å². The predicted molar refractivity (Wildman–Crippen MR) is 83.2 cm³/mol. The minimum Gasteiger partial charge on any atom is -0.486 e. The molecule has 22 heavy (non-hydrogen) atoms. The number of ether oxygens (including phenoxy) is 3. The van der Waals surface area contributed by atoms with E-state index in [9.17, 15) is 4.79 Å². The molecular formula is C16H12Cl2O4. The van der Waals surface area contributed by atoms with Gasteiger partial charge in [-0.25, -0.2) is 0 Å². The number of esters is 1. The summed E-state index contributed by atoms with van der Waals surface area (Å²) < 4.78 is 16.2. The van der Waals surface area contributed by atoms with Gasteiger partial charge < -0.3 is 14.2 Å². The molecule has 0 saturated heterocycles. The van der Waals surface area contributed by atoms with E-state index in [1.54, 1.807) is 30.3 Å². The number of benzene rings is 2. The van der Waals surface area contributed by atoms with E-state index in [4.69, 9.17) is 37.4 Å². The Bertz CT molecular complexity index is 715.